The molecule has 0 aliphatic carbocycles. The molecule has 1 aromatic rings. The molecule has 1 N–H and O–H groups in total. The maximum Gasteiger partial charge on any atom is 0.334 e. The number of carboxylic acid groups (broad SMARTS) is 1. The number of aryl methyl sites for hydroxylation is 1. The van der Waals surface area contributed by atoms with Gasteiger partial charge in [-0.15, -0.1) is 0 Å². The fraction of sp³-hybridized carbons (Fsp3) is 0.571. The van der Waals surface area contributed by atoms with Crippen LogP contribution in [0.1, 0.15) is 25.1 Å². The van der Waals surface area contributed by atoms with Crippen LogP contribution in [0.3, 0.4) is 0 Å². The molecule has 0 aromatic carbocycles. The predicted octanol–water partition coefficient (Wildman–Crippen LogP) is 2.22. The first-order chi connectivity index (χ1) is 9.27. The smallest absolute Gasteiger partial charge is 0.334 e. The lowest BCUT2D eigenvalue weighted by molar-refractivity contribution is -0.179. The Morgan fingerprint density at radius 1 is 1.65 bits per heavy atom. The van der Waals surface area contributed by atoms with E-state index in [1.165, 1.54) is 0 Å². The molecule has 110 valence electrons. The van der Waals surface area contributed by atoms with Gasteiger partial charge in [-0.2, -0.15) is 0 Å². The Morgan fingerprint density at radius 3 is 2.95 bits per heavy atom. The molecule has 1 fully saturated rings. The first kappa shape index (κ1) is 15.4. The summed E-state index contributed by atoms with van der Waals surface area (Å²) in [6, 6.07) is 2.02. The Morgan fingerprint density at radius 2 is 2.35 bits per heavy atom. The average Bonchev–Trinajstić information content (AvgIpc) is 2.30. The normalized spacial score (nSPS) is 22.7. The van der Waals surface area contributed by atoms with Crippen LogP contribution >= 0.6 is 15.9 Å². The minimum atomic E-state index is -0.914. The molecule has 0 saturated carbocycles. The average molecular weight is 343 g/mol. The second-order valence-corrected chi connectivity index (χ2v) is 6.71. The summed E-state index contributed by atoms with van der Waals surface area (Å²) in [5, 5.41) is 9.17. The van der Waals surface area contributed by atoms with E-state index < -0.39 is 17.7 Å². The van der Waals surface area contributed by atoms with Crippen molar-refractivity contribution in [3.63, 3.8) is 0 Å². The van der Waals surface area contributed by atoms with Crippen LogP contribution in [0.25, 0.3) is 0 Å². The zero-order chi connectivity index (χ0) is 14.9. The molecule has 1 unspecified atom stereocenters. The molecule has 0 radical (unpaired) electrons. The third-order valence-corrected chi connectivity index (χ3v) is 3.73. The highest BCUT2D eigenvalue weighted by atomic mass is 79.9. The molecule has 0 bridgehead atoms. The third kappa shape index (κ3) is 3.77. The molecule has 1 saturated heterocycles. The highest BCUT2D eigenvalue weighted by molar-refractivity contribution is 9.10. The number of hydrogen-bond acceptors (Lipinski definition) is 4. The lowest BCUT2D eigenvalue weighted by Crippen LogP contribution is -2.54. The van der Waals surface area contributed by atoms with E-state index in [4.69, 9.17) is 4.74 Å². The number of nitrogens with zero attached hydrogens (tertiary/aromatic N) is 2. The van der Waals surface area contributed by atoms with Crippen LogP contribution in [0, 0.1) is 6.92 Å². The highest BCUT2D eigenvalue weighted by Crippen LogP contribution is 2.23. The number of halogens is 1. The fourth-order valence-corrected chi connectivity index (χ4v) is 2.94. The topological polar surface area (TPSA) is 62.7 Å². The summed E-state index contributed by atoms with van der Waals surface area (Å²) in [6.45, 7) is 7.54. The molecule has 2 heterocycles. The summed E-state index contributed by atoms with van der Waals surface area (Å²) in [4.78, 5) is 17.7. The van der Waals surface area contributed by atoms with E-state index in [0.29, 0.717) is 19.6 Å². The molecule has 1 aromatic heterocycles. The first-order valence-corrected chi connectivity index (χ1v) is 7.30. The highest BCUT2D eigenvalue weighted by Gasteiger charge is 2.37. The molecule has 1 aliphatic rings. The SMILES string of the molecule is Cc1cc(Br)cnc1CN1CC(C(=O)O)OC(C)(C)C1. The number of aliphatic carboxylic acids is 1. The van der Waals surface area contributed by atoms with Gasteiger partial charge in [0.05, 0.1) is 11.3 Å². The molecule has 1 atom stereocenters. The molecule has 0 amide bonds. The fourth-order valence-electron chi connectivity index (χ4n) is 2.49. The minimum absolute atomic E-state index is 0.385. The van der Waals surface area contributed by atoms with Gasteiger partial charge in [-0.25, -0.2) is 4.79 Å². The number of ether oxygens (including phenoxy) is 1. The third-order valence-electron chi connectivity index (χ3n) is 3.29. The van der Waals surface area contributed by atoms with E-state index >= 15 is 0 Å². The van der Waals surface area contributed by atoms with Gasteiger partial charge in [0.1, 0.15) is 0 Å². The van der Waals surface area contributed by atoms with E-state index in [0.717, 1.165) is 15.7 Å². The van der Waals surface area contributed by atoms with Crippen LogP contribution in [0.2, 0.25) is 0 Å². The Hall–Kier alpha value is -0.980. The number of pyridine rings is 1. The van der Waals surface area contributed by atoms with Gasteiger partial charge in [0.2, 0.25) is 0 Å². The molecule has 2 rings (SSSR count). The van der Waals surface area contributed by atoms with E-state index in [1.807, 2.05) is 26.8 Å². The summed E-state index contributed by atoms with van der Waals surface area (Å²) in [7, 11) is 0. The van der Waals surface area contributed by atoms with Crippen molar-refractivity contribution in [2.75, 3.05) is 13.1 Å². The minimum Gasteiger partial charge on any atom is -0.479 e. The number of carbonyl (C=O) groups is 1. The standard InChI is InChI=1S/C14H19BrN2O3/c1-9-4-10(15)5-16-11(9)6-17-7-12(13(18)19)20-14(2,3)8-17/h4-5,12H,6-8H2,1-3H3,(H,18,19). The Kier molecular flexibility index (Phi) is 4.46. The lowest BCUT2D eigenvalue weighted by atomic mass is 10.0. The van der Waals surface area contributed by atoms with Gasteiger partial charge in [0, 0.05) is 30.3 Å². The maximum absolute atomic E-state index is 11.2. The summed E-state index contributed by atoms with van der Waals surface area (Å²) in [5.41, 5.74) is 1.59. The van der Waals surface area contributed by atoms with Crippen molar-refractivity contribution in [1.29, 1.82) is 0 Å². The number of rotatable bonds is 3. The number of morpholine rings is 1. The monoisotopic (exact) mass is 342 g/mol. The van der Waals surface area contributed by atoms with Crippen molar-refractivity contribution in [3.8, 4) is 0 Å². The van der Waals surface area contributed by atoms with E-state index in [-0.39, 0.29) is 0 Å². The van der Waals surface area contributed by atoms with Gasteiger partial charge in [0.15, 0.2) is 6.10 Å². The van der Waals surface area contributed by atoms with Gasteiger partial charge in [-0.1, -0.05) is 0 Å². The van der Waals surface area contributed by atoms with Gasteiger partial charge >= 0.3 is 5.97 Å². The summed E-state index contributed by atoms with van der Waals surface area (Å²) in [6.07, 6.45) is 0.984. The van der Waals surface area contributed by atoms with Crippen LogP contribution in [0.4, 0.5) is 0 Å². The van der Waals surface area contributed by atoms with Crippen LogP contribution in [-0.2, 0) is 16.1 Å². The molecule has 0 spiro atoms. The number of hydrogen-bond donors (Lipinski definition) is 1. The lowest BCUT2D eigenvalue weighted by Gasteiger charge is -2.41. The molecule has 20 heavy (non-hydrogen) atoms. The first-order valence-electron chi connectivity index (χ1n) is 6.51. The van der Waals surface area contributed by atoms with Crippen molar-refractivity contribution in [2.45, 2.75) is 39.0 Å². The second-order valence-electron chi connectivity index (χ2n) is 5.79. The van der Waals surface area contributed by atoms with Crippen molar-refractivity contribution in [2.24, 2.45) is 0 Å². The summed E-state index contributed by atoms with van der Waals surface area (Å²) < 4.78 is 6.53. The Balaban J connectivity index is 2.13. The molecular weight excluding hydrogens is 324 g/mol. The maximum atomic E-state index is 11.2. The Bertz CT molecular complexity index is 519. The predicted molar refractivity (Wildman–Crippen MR) is 78.5 cm³/mol. The Labute approximate surface area is 127 Å². The largest absolute Gasteiger partial charge is 0.479 e. The molecule has 5 nitrogen and oxygen atoms in total. The molecular formula is C14H19BrN2O3. The zero-order valence-corrected chi connectivity index (χ0v) is 13.5. The van der Waals surface area contributed by atoms with Gasteiger partial charge in [0.25, 0.3) is 0 Å². The van der Waals surface area contributed by atoms with E-state index in [2.05, 4.69) is 25.8 Å². The van der Waals surface area contributed by atoms with Crippen molar-refractivity contribution >= 4 is 21.9 Å². The zero-order valence-electron chi connectivity index (χ0n) is 11.9. The van der Waals surface area contributed by atoms with Gasteiger partial charge in [-0.05, 0) is 48.3 Å². The summed E-state index contributed by atoms with van der Waals surface area (Å²) in [5.74, 6) is -0.914. The van der Waals surface area contributed by atoms with Crippen LogP contribution in [0.5, 0.6) is 0 Å². The van der Waals surface area contributed by atoms with Crippen LogP contribution in [0.15, 0.2) is 16.7 Å². The van der Waals surface area contributed by atoms with Crippen LogP contribution in [-0.4, -0.2) is 45.8 Å². The van der Waals surface area contributed by atoms with Crippen molar-refractivity contribution in [3.05, 3.63) is 28.0 Å². The summed E-state index contributed by atoms with van der Waals surface area (Å²) >= 11 is 3.39. The number of aromatic nitrogens is 1. The van der Waals surface area contributed by atoms with Crippen molar-refractivity contribution < 1.29 is 14.6 Å². The number of carboxylic acids is 1. The second kappa shape index (κ2) is 5.79. The van der Waals surface area contributed by atoms with Crippen molar-refractivity contribution in [1.82, 2.24) is 9.88 Å². The molecule has 1 aliphatic heterocycles. The van der Waals surface area contributed by atoms with Gasteiger partial charge < -0.3 is 9.84 Å². The van der Waals surface area contributed by atoms with E-state index in [9.17, 15) is 9.90 Å². The van der Waals surface area contributed by atoms with E-state index in [1.54, 1.807) is 6.20 Å². The van der Waals surface area contributed by atoms with Gasteiger partial charge in [-0.3, -0.25) is 9.88 Å². The molecule has 6 heteroatoms. The quantitative estimate of drug-likeness (QED) is 0.912. The van der Waals surface area contributed by atoms with Crippen LogP contribution < -0.4 is 0 Å².